The summed E-state index contributed by atoms with van der Waals surface area (Å²) in [5, 5.41) is 0. The van der Waals surface area contributed by atoms with Crippen LogP contribution in [0.25, 0.3) is 0 Å². The van der Waals surface area contributed by atoms with Crippen molar-refractivity contribution in [2.24, 2.45) is 0 Å². The molecular weight excluding hydrogens is 336 g/mol. The van der Waals surface area contributed by atoms with Crippen LogP contribution in [0.1, 0.15) is 32.3 Å². The Balaban J connectivity index is 2.86. The van der Waals surface area contributed by atoms with Gasteiger partial charge >= 0.3 is 0 Å². The monoisotopic (exact) mass is 362 g/mol. The van der Waals surface area contributed by atoms with Crippen LogP contribution in [-0.4, -0.2) is 41.9 Å². The molecule has 0 spiro atoms. The minimum absolute atomic E-state index is 0.0527. The van der Waals surface area contributed by atoms with Gasteiger partial charge in [-0.15, -0.1) is 0 Å². The van der Waals surface area contributed by atoms with Crippen molar-refractivity contribution in [3.05, 3.63) is 29.8 Å². The number of benzene rings is 1. The topological polar surface area (TPSA) is 83.6 Å². The maximum Gasteiger partial charge on any atom is 0.232 e. The van der Waals surface area contributed by atoms with E-state index in [1.165, 1.54) is 4.31 Å². The second-order valence-electron chi connectivity index (χ2n) is 5.38. The summed E-state index contributed by atoms with van der Waals surface area (Å²) in [5.41, 5.74) is 1.51. The van der Waals surface area contributed by atoms with Crippen molar-refractivity contribution < 1.29 is 16.8 Å². The number of nitrogens with one attached hydrogen (secondary N) is 1. The first-order valence-electron chi connectivity index (χ1n) is 7.74. The van der Waals surface area contributed by atoms with Crippen molar-refractivity contribution in [2.45, 2.75) is 33.1 Å². The van der Waals surface area contributed by atoms with Crippen LogP contribution < -0.4 is 9.03 Å². The molecule has 0 aliphatic heterocycles. The van der Waals surface area contributed by atoms with Crippen LogP contribution in [0.4, 0.5) is 5.69 Å². The van der Waals surface area contributed by atoms with Crippen LogP contribution >= 0.6 is 0 Å². The fraction of sp³-hybridized carbons (Fsp3) is 0.600. The van der Waals surface area contributed by atoms with Crippen molar-refractivity contribution in [3.8, 4) is 0 Å². The number of anilines is 1. The lowest BCUT2D eigenvalue weighted by atomic mass is 10.1. The molecular formula is C15H26N2O4S2. The molecule has 8 heteroatoms. The van der Waals surface area contributed by atoms with Gasteiger partial charge in [0.15, 0.2) is 0 Å². The molecule has 0 saturated heterocycles. The van der Waals surface area contributed by atoms with E-state index >= 15 is 0 Å². The maximum atomic E-state index is 12.1. The highest BCUT2D eigenvalue weighted by molar-refractivity contribution is 7.92. The van der Waals surface area contributed by atoms with Gasteiger partial charge in [0.1, 0.15) is 0 Å². The zero-order valence-corrected chi connectivity index (χ0v) is 15.6. The zero-order chi connectivity index (χ0) is 17.5. The Bertz CT molecular complexity index is 700. The smallest absolute Gasteiger partial charge is 0.232 e. The number of aryl methyl sites for hydroxylation is 1. The Morgan fingerprint density at radius 1 is 1.09 bits per heavy atom. The van der Waals surface area contributed by atoms with Gasteiger partial charge in [-0.3, -0.25) is 4.31 Å². The summed E-state index contributed by atoms with van der Waals surface area (Å²) in [6.45, 7) is 3.99. The second-order valence-corrected chi connectivity index (χ2v) is 9.22. The molecule has 0 aliphatic carbocycles. The minimum Gasteiger partial charge on any atom is -0.269 e. The molecule has 0 bridgehead atoms. The molecule has 1 aromatic rings. The third-order valence-corrected chi connectivity index (χ3v) is 6.10. The maximum absolute atomic E-state index is 12.1. The lowest BCUT2D eigenvalue weighted by Gasteiger charge is -2.24. The van der Waals surface area contributed by atoms with Crippen LogP contribution in [0, 0.1) is 0 Å². The van der Waals surface area contributed by atoms with Gasteiger partial charge in [0.25, 0.3) is 0 Å². The first kappa shape index (κ1) is 19.9. The van der Waals surface area contributed by atoms with Crippen LogP contribution in [0.5, 0.6) is 0 Å². The van der Waals surface area contributed by atoms with Gasteiger partial charge in [-0.05, 0) is 24.5 Å². The fourth-order valence-electron chi connectivity index (χ4n) is 2.23. The van der Waals surface area contributed by atoms with Gasteiger partial charge in [-0.1, -0.05) is 38.5 Å². The van der Waals surface area contributed by atoms with Crippen LogP contribution in [0.3, 0.4) is 0 Å². The van der Waals surface area contributed by atoms with Crippen LogP contribution in [0.2, 0.25) is 0 Å². The Labute approximate surface area is 140 Å². The number of rotatable bonds is 10. The van der Waals surface area contributed by atoms with E-state index in [1.807, 2.05) is 26.0 Å². The summed E-state index contributed by atoms with van der Waals surface area (Å²) in [6, 6.07) is 7.25. The quantitative estimate of drug-likeness (QED) is 0.687. The number of unbranched alkanes of at least 4 members (excludes halogenated alkanes) is 1. The Hall–Kier alpha value is -1.12. The highest BCUT2D eigenvalue weighted by Crippen LogP contribution is 2.22. The zero-order valence-electron chi connectivity index (χ0n) is 13.9. The highest BCUT2D eigenvalue weighted by atomic mass is 32.2. The molecule has 0 aliphatic rings. The highest BCUT2D eigenvalue weighted by Gasteiger charge is 2.20. The average molecular weight is 363 g/mol. The van der Waals surface area contributed by atoms with Gasteiger partial charge in [0.2, 0.25) is 20.0 Å². The first-order valence-corrected chi connectivity index (χ1v) is 11.2. The number of hydrogen-bond acceptors (Lipinski definition) is 4. The lowest BCUT2D eigenvalue weighted by Crippen LogP contribution is -2.39. The predicted octanol–water partition coefficient (Wildman–Crippen LogP) is 1.73. The lowest BCUT2D eigenvalue weighted by molar-refractivity contribution is 0.575. The summed E-state index contributed by atoms with van der Waals surface area (Å²) in [5.74, 6) is 0.0634. The number of nitrogens with zero attached hydrogens (tertiary/aromatic N) is 1. The fourth-order valence-corrected chi connectivity index (χ4v) is 4.40. The summed E-state index contributed by atoms with van der Waals surface area (Å²) in [7, 11) is -6.84. The predicted molar refractivity (Wildman–Crippen MR) is 94.7 cm³/mol. The molecule has 1 rings (SSSR count). The largest absolute Gasteiger partial charge is 0.269 e. The third-order valence-electron chi connectivity index (χ3n) is 3.45. The summed E-state index contributed by atoms with van der Waals surface area (Å²) >= 11 is 0. The minimum atomic E-state index is -3.49. The molecule has 6 nitrogen and oxygen atoms in total. The normalized spacial score (nSPS) is 12.3. The molecule has 0 aromatic heterocycles. The first-order chi connectivity index (χ1) is 10.7. The number of sulfonamides is 2. The van der Waals surface area contributed by atoms with E-state index in [0.29, 0.717) is 18.5 Å². The van der Waals surface area contributed by atoms with Crippen molar-refractivity contribution in [3.63, 3.8) is 0 Å². The Morgan fingerprint density at radius 3 is 2.30 bits per heavy atom. The van der Waals surface area contributed by atoms with Crippen molar-refractivity contribution in [2.75, 3.05) is 29.4 Å². The standard InChI is InChI=1S/C15H26N2O4S2/c1-4-6-13-23(20,21)16-11-12-17(22(3,18)19)15-10-8-7-9-14(15)5-2/h7-10,16H,4-6,11-13H2,1-3H3. The Morgan fingerprint density at radius 2 is 1.74 bits per heavy atom. The molecule has 0 radical (unpaired) electrons. The van der Waals surface area contributed by atoms with E-state index < -0.39 is 20.0 Å². The van der Waals surface area contributed by atoms with E-state index in [4.69, 9.17) is 0 Å². The summed E-state index contributed by atoms with van der Waals surface area (Å²) in [6.07, 6.45) is 3.21. The third kappa shape index (κ3) is 6.48. The number of para-hydroxylation sites is 1. The van der Waals surface area contributed by atoms with E-state index in [9.17, 15) is 16.8 Å². The van der Waals surface area contributed by atoms with Crippen molar-refractivity contribution in [1.29, 1.82) is 0 Å². The van der Waals surface area contributed by atoms with E-state index in [2.05, 4.69) is 4.72 Å². The molecule has 0 saturated carbocycles. The molecule has 1 N–H and O–H groups in total. The van der Waals surface area contributed by atoms with E-state index in [1.54, 1.807) is 12.1 Å². The SMILES string of the molecule is CCCCS(=O)(=O)NCCN(c1ccccc1CC)S(C)(=O)=O. The van der Waals surface area contributed by atoms with Crippen LogP contribution in [0.15, 0.2) is 24.3 Å². The molecule has 23 heavy (non-hydrogen) atoms. The van der Waals surface area contributed by atoms with Gasteiger partial charge in [0.05, 0.1) is 17.7 Å². The molecule has 132 valence electrons. The summed E-state index contributed by atoms with van der Waals surface area (Å²) in [4.78, 5) is 0. The Kier molecular flexibility index (Phi) is 7.50. The summed E-state index contributed by atoms with van der Waals surface area (Å²) < 4.78 is 51.5. The molecule has 0 heterocycles. The number of hydrogen-bond donors (Lipinski definition) is 1. The molecule has 0 atom stereocenters. The van der Waals surface area contributed by atoms with Gasteiger partial charge in [-0.25, -0.2) is 21.6 Å². The van der Waals surface area contributed by atoms with Crippen LogP contribution in [-0.2, 0) is 26.5 Å². The second kappa shape index (κ2) is 8.65. The van der Waals surface area contributed by atoms with Gasteiger partial charge < -0.3 is 0 Å². The van der Waals surface area contributed by atoms with Crippen molar-refractivity contribution in [1.82, 2.24) is 4.72 Å². The molecule has 0 fully saturated rings. The van der Waals surface area contributed by atoms with E-state index in [-0.39, 0.29) is 18.8 Å². The molecule has 1 aromatic carbocycles. The molecule has 0 unspecified atom stereocenters. The van der Waals surface area contributed by atoms with E-state index in [0.717, 1.165) is 18.2 Å². The van der Waals surface area contributed by atoms with Gasteiger partial charge in [0, 0.05) is 13.1 Å². The van der Waals surface area contributed by atoms with Gasteiger partial charge in [-0.2, -0.15) is 0 Å². The average Bonchev–Trinajstić information content (AvgIpc) is 2.48. The molecule has 0 amide bonds. The van der Waals surface area contributed by atoms with Crippen molar-refractivity contribution >= 4 is 25.7 Å².